The number of hydrogen-bond donors (Lipinski definition) is 1. The monoisotopic (exact) mass is 282 g/mol. The maximum Gasteiger partial charge on any atom is 0.410 e. The number of carbonyl (C=O) groups excluding carboxylic acids is 1. The van der Waals surface area contributed by atoms with Crippen LogP contribution in [0.4, 0.5) is 4.79 Å². The van der Waals surface area contributed by atoms with E-state index in [9.17, 15) is 4.79 Å². The molecule has 116 valence electrons. The molecule has 0 radical (unpaired) electrons. The normalized spacial score (nSPS) is 26.0. The average Bonchev–Trinajstić information content (AvgIpc) is 2.93. The minimum atomic E-state index is -0.403. The number of hydrogen-bond acceptors (Lipinski definition) is 3. The Bertz CT molecular complexity index is 343. The Labute approximate surface area is 123 Å². The van der Waals surface area contributed by atoms with Crippen LogP contribution in [0.1, 0.15) is 59.8 Å². The summed E-state index contributed by atoms with van der Waals surface area (Å²) >= 11 is 0. The molecular weight excluding hydrogens is 252 g/mol. The van der Waals surface area contributed by atoms with Crippen LogP contribution in [0.25, 0.3) is 0 Å². The summed E-state index contributed by atoms with van der Waals surface area (Å²) in [6.45, 7) is 10.8. The van der Waals surface area contributed by atoms with E-state index in [2.05, 4.69) is 12.2 Å². The molecule has 1 saturated heterocycles. The lowest BCUT2D eigenvalue weighted by atomic mass is 9.88. The van der Waals surface area contributed by atoms with E-state index in [0.29, 0.717) is 11.5 Å². The lowest BCUT2D eigenvalue weighted by Gasteiger charge is -2.27. The van der Waals surface area contributed by atoms with E-state index in [1.54, 1.807) is 0 Å². The topological polar surface area (TPSA) is 41.6 Å². The highest BCUT2D eigenvalue weighted by Crippen LogP contribution is 2.36. The molecule has 1 N–H and O–H groups in total. The van der Waals surface area contributed by atoms with Gasteiger partial charge in [0.25, 0.3) is 0 Å². The summed E-state index contributed by atoms with van der Waals surface area (Å²) < 4.78 is 5.43. The molecular formula is C16H30N2O2. The van der Waals surface area contributed by atoms with E-state index >= 15 is 0 Å². The van der Waals surface area contributed by atoms with Crippen LogP contribution in [0.2, 0.25) is 0 Å². The Morgan fingerprint density at radius 2 is 2.00 bits per heavy atom. The van der Waals surface area contributed by atoms with Crippen LogP contribution >= 0.6 is 0 Å². The molecule has 4 heteroatoms. The third-order valence-corrected chi connectivity index (χ3v) is 4.47. The number of nitrogens with one attached hydrogen (secondary N) is 1. The molecule has 1 amide bonds. The molecule has 20 heavy (non-hydrogen) atoms. The third kappa shape index (κ3) is 4.37. The number of amides is 1. The molecule has 2 rings (SSSR count). The summed E-state index contributed by atoms with van der Waals surface area (Å²) in [5.41, 5.74) is 0.0687. The van der Waals surface area contributed by atoms with E-state index in [0.717, 1.165) is 26.1 Å². The summed E-state index contributed by atoms with van der Waals surface area (Å²) in [5, 5.41) is 3.66. The second kappa shape index (κ2) is 5.92. The number of carbonyl (C=O) groups is 1. The van der Waals surface area contributed by atoms with E-state index in [4.69, 9.17) is 4.74 Å². The molecule has 2 fully saturated rings. The lowest BCUT2D eigenvalue weighted by molar-refractivity contribution is 0.0290. The fraction of sp³-hybridized carbons (Fsp3) is 0.938. The maximum atomic E-state index is 12.0. The zero-order valence-corrected chi connectivity index (χ0v) is 13.5. The van der Waals surface area contributed by atoms with Crippen LogP contribution in [-0.4, -0.2) is 42.3 Å². The molecule has 2 aliphatic rings. The Morgan fingerprint density at radius 3 is 2.60 bits per heavy atom. The minimum Gasteiger partial charge on any atom is -0.444 e. The number of likely N-dealkylation sites (tertiary alicyclic amines) is 1. The molecule has 1 atom stereocenters. The Hall–Kier alpha value is -0.770. The Morgan fingerprint density at radius 1 is 1.35 bits per heavy atom. The zero-order valence-electron chi connectivity index (χ0n) is 13.5. The van der Waals surface area contributed by atoms with Crippen LogP contribution < -0.4 is 5.32 Å². The highest BCUT2D eigenvalue weighted by atomic mass is 16.6. The van der Waals surface area contributed by atoms with Gasteiger partial charge in [0.05, 0.1) is 0 Å². The van der Waals surface area contributed by atoms with Gasteiger partial charge in [-0.2, -0.15) is 0 Å². The van der Waals surface area contributed by atoms with Crippen molar-refractivity contribution in [2.45, 2.75) is 71.4 Å². The zero-order chi connectivity index (χ0) is 14.8. The maximum absolute atomic E-state index is 12.0. The van der Waals surface area contributed by atoms with Gasteiger partial charge in [0.1, 0.15) is 5.60 Å². The molecule has 0 spiro atoms. The van der Waals surface area contributed by atoms with Crippen LogP contribution in [0.3, 0.4) is 0 Å². The average molecular weight is 282 g/mol. The smallest absolute Gasteiger partial charge is 0.410 e. The summed E-state index contributed by atoms with van der Waals surface area (Å²) in [7, 11) is 0. The number of rotatable bonds is 3. The Kier molecular flexibility index (Phi) is 4.62. The van der Waals surface area contributed by atoms with Crippen LogP contribution in [0.5, 0.6) is 0 Å². The summed E-state index contributed by atoms with van der Waals surface area (Å²) in [5.74, 6) is 0. The molecule has 1 heterocycles. The SMILES string of the molecule is CC1(CNC2CCN(C(=O)OC(C)(C)C)C2)CCCC1. The summed E-state index contributed by atoms with van der Waals surface area (Å²) in [4.78, 5) is 13.8. The summed E-state index contributed by atoms with van der Waals surface area (Å²) in [6, 6.07) is 0.431. The summed E-state index contributed by atoms with van der Waals surface area (Å²) in [6.07, 6.45) is 6.27. The van der Waals surface area contributed by atoms with Gasteiger partial charge in [0.2, 0.25) is 0 Å². The number of nitrogens with zero attached hydrogens (tertiary/aromatic N) is 1. The first kappa shape index (κ1) is 15.6. The number of ether oxygens (including phenoxy) is 1. The Balaban J connectivity index is 1.73. The van der Waals surface area contributed by atoms with Crippen molar-refractivity contribution in [2.24, 2.45) is 5.41 Å². The first-order valence-electron chi connectivity index (χ1n) is 7.99. The van der Waals surface area contributed by atoms with Gasteiger partial charge in [-0.25, -0.2) is 4.79 Å². The van der Waals surface area contributed by atoms with Gasteiger partial charge in [-0.15, -0.1) is 0 Å². The van der Waals surface area contributed by atoms with E-state index < -0.39 is 5.60 Å². The van der Waals surface area contributed by atoms with Crippen molar-refractivity contribution in [3.8, 4) is 0 Å². The predicted molar refractivity (Wildman–Crippen MR) is 80.8 cm³/mol. The molecule has 1 unspecified atom stereocenters. The molecule has 0 bridgehead atoms. The van der Waals surface area contributed by atoms with Crippen LogP contribution in [-0.2, 0) is 4.74 Å². The fourth-order valence-electron chi connectivity index (χ4n) is 3.22. The van der Waals surface area contributed by atoms with Gasteiger partial charge in [-0.3, -0.25) is 0 Å². The van der Waals surface area contributed by atoms with Crippen molar-refractivity contribution in [3.63, 3.8) is 0 Å². The molecule has 0 aromatic rings. The van der Waals surface area contributed by atoms with Gasteiger partial charge in [0, 0.05) is 25.7 Å². The van der Waals surface area contributed by atoms with Crippen LogP contribution in [0.15, 0.2) is 0 Å². The second-order valence-corrected chi connectivity index (χ2v) is 7.81. The van der Waals surface area contributed by atoms with E-state index in [1.165, 1.54) is 25.7 Å². The van der Waals surface area contributed by atoms with E-state index in [-0.39, 0.29) is 6.09 Å². The quantitative estimate of drug-likeness (QED) is 0.864. The molecule has 1 aliphatic carbocycles. The van der Waals surface area contributed by atoms with Crippen molar-refractivity contribution in [1.29, 1.82) is 0 Å². The lowest BCUT2D eigenvalue weighted by Crippen LogP contribution is -2.41. The van der Waals surface area contributed by atoms with Gasteiger partial charge in [-0.1, -0.05) is 19.8 Å². The minimum absolute atomic E-state index is 0.172. The van der Waals surface area contributed by atoms with Gasteiger partial charge >= 0.3 is 6.09 Å². The standard InChI is InChI=1S/C16H30N2O2/c1-15(2,3)20-14(19)18-10-7-13(11-18)17-12-16(4)8-5-6-9-16/h13,17H,5-12H2,1-4H3. The molecule has 0 aromatic carbocycles. The van der Waals surface area contributed by atoms with Gasteiger partial charge < -0.3 is 15.0 Å². The van der Waals surface area contributed by atoms with Crippen molar-refractivity contribution in [3.05, 3.63) is 0 Å². The third-order valence-electron chi connectivity index (χ3n) is 4.47. The fourth-order valence-corrected chi connectivity index (χ4v) is 3.22. The van der Waals surface area contributed by atoms with Crippen molar-refractivity contribution < 1.29 is 9.53 Å². The largest absolute Gasteiger partial charge is 0.444 e. The van der Waals surface area contributed by atoms with Gasteiger partial charge in [-0.05, 0) is 45.4 Å². The van der Waals surface area contributed by atoms with Crippen LogP contribution in [0, 0.1) is 5.41 Å². The first-order chi connectivity index (χ1) is 9.27. The predicted octanol–water partition coefficient (Wildman–Crippen LogP) is 3.17. The van der Waals surface area contributed by atoms with Crippen molar-refractivity contribution in [2.75, 3.05) is 19.6 Å². The highest BCUT2D eigenvalue weighted by Gasteiger charge is 2.32. The molecule has 1 saturated carbocycles. The second-order valence-electron chi connectivity index (χ2n) is 7.81. The molecule has 0 aromatic heterocycles. The van der Waals surface area contributed by atoms with Gasteiger partial charge in [0.15, 0.2) is 0 Å². The molecule has 1 aliphatic heterocycles. The van der Waals surface area contributed by atoms with Crippen molar-refractivity contribution in [1.82, 2.24) is 10.2 Å². The highest BCUT2D eigenvalue weighted by molar-refractivity contribution is 5.68. The molecule has 4 nitrogen and oxygen atoms in total. The first-order valence-corrected chi connectivity index (χ1v) is 7.99. The van der Waals surface area contributed by atoms with Crippen molar-refractivity contribution >= 4 is 6.09 Å². The van der Waals surface area contributed by atoms with E-state index in [1.807, 2.05) is 25.7 Å².